The lowest BCUT2D eigenvalue weighted by Gasteiger charge is -2.10. The first kappa shape index (κ1) is 24.5. The number of carbonyl (C=O) groups excluding carboxylic acids is 2. The van der Waals surface area contributed by atoms with Crippen LogP contribution in [-0.2, 0) is 0 Å². The molecule has 0 aliphatic carbocycles. The lowest BCUT2D eigenvalue weighted by atomic mass is 10.1. The van der Waals surface area contributed by atoms with Crippen molar-refractivity contribution in [3.63, 3.8) is 0 Å². The molecular weight excluding hydrogens is 494 g/mol. The predicted octanol–water partition coefficient (Wildman–Crippen LogP) is 5.52. The van der Waals surface area contributed by atoms with Gasteiger partial charge >= 0.3 is 11.9 Å². The van der Waals surface area contributed by atoms with Crippen LogP contribution in [-0.4, -0.2) is 11.9 Å². The van der Waals surface area contributed by atoms with Crippen molar-refractivity contribution in [1.82, 2.24) is 0 Å². The van der Waals surface area contributed by atoms with Crippen LogP contribution in [0.5, 0.6) is 11.5 Å². The van der Waals surface area contributed by atoms with Gasteiger partial charge in [-0.25, -0.2) is 35.9 Å². The highest BCUT2D eigenvalue weighted by Crippen LogP contribution is 2.31. The van der Waals surface area contributed by atoms with Crippen molar-refractivity contribution in [2.24, 2.45) is 0 Å². The Morgan fingerprint density at radius 2 is 0.735 bits per heavy atom. The van der Waals surface area contributed by atoms with Gasteiger partial charge in [-0.05, 0) is 18.2 Å². The van der Waals surface area contributed by atoms with Crippen LogP contribution in [0.25, 0.3) is 0 Å². The van der Waals surface area contributed by atoms with Gasteiger partial charge in [0.15, 0.2) is 0 Å². The third kappa shape index (κ3) is 4.13. The highest BCUT2D eigenvalue weighted by molar-refractivity contribution is 5.96. The molecule has 3 aromatic rings. The number of carbonyl (C=O) groups is 2. The van der Waals surface area contributed by atoms with Crippen LogP contribution < -0.4 is 9.47 Å². The van der Waals surface area contributed by atoms with Gasteiger partial charge in [-0.3, -0.25) is 0 Å². The molecule has 0 spiro atoms. The summed E-state index contributed by atoms with van der Waals surface area (Å²) in [5.41, 5.74) is -1.54. The molecule has 0 radical (unpaired) electrons. The van der Waals surface area contributed by atoms with E-state index in [-0.39, 0.29) is 0 Å². The molecule has 0 aliphatic heterocycles. The fourth-order valence-corrected chi connectivity index (χ4v) is 2.43. The zero-order chi connectivity index (χ0) is 25.5. The van der Waals surface area contributed by atoms with Crippen molar-refractivity contribution in [3.05, 3.63) is 93.6 Å². The molecule has 0 N–H and O–H groups in total. The summed E-state index contributed by atoms with van der Waals surface area (Å²) in [5, 5.41) is 0. The first-order valence-corrected chi connectivity index (χ1v) is 8.44. The molecule has 0 saturated heterocycles. The van der Waals surface area contributed by atoms with Crippen molar-refractivity contribution in [3.8, 4) is 11.5 Å². The normalized spacial score (nSPS) is 10.9. The van der Waals surface area contributed by atoms with Crippen LogP contribution in [0, 0.1) is 58.2 Å². The summed E-state index contributed by atoms with van der Waals surface area (Å²) < 4.78 is 142. The maximum Gasteiger partial charge on any atom is 0.343 e. The zero-order valence-corrected chi connectivity index (χ0v) is 15.7. The minimum absolute atomic E-state index is 0.517. The quantitative estimate of drug-likeness (QED) is 0.157. The van der Waals surface area contributed by atoms with E-state index in [0.717, 1.165) is 18.2 Å². The van der Waals surface area contributed by atoms with Crippen molar-refractivity contribution in [1.29, 1.82) is 0 Å². The Balaban J connectivity index is 1.91. The predicted molar refractivity (Wildman–Crippen MR) is 88.8 cm³/mol. The van der Waals surface area contributed by atoms with E-state index in [0.29, 0.717) is 6.07 Å². The number of esters is 2. The molecule has 3 rings (SSSR count). The van der Waals surface area contributed by atoms with Crippen LogP contribution in [0.1, 0.15) is 20.7 Å². The van der Waals surface area contributed by atoms with Crippen molar-refractivity contribution < 1.29 is 63.0 Å². The van der Waals surface area contributed by atoms with Gasteiger partial charge in [-0.1, -0.05) is 6.07 Å². The molecule has 3 aromatic carbocycles. The molecular formula is C20H4F10O4. The van der Waals surface area contributed by atoms with Gasteiger partial charge in [0.05, 0.1) is 11.1 Å². The van der Waals surface area contributed by atoms with Gasteiger partial charge in [0.1, 0.15) is 0 Å². The second kappa shape index (κ2) is 9.03. The van der Waals surface area contributed by atoms with E-state index in [1.54, 1.807) is 0 Å². The minimum atomic E-state index is -2.52. The summed E-state index contributed by atoms with van der Waals surface area (Å²) in [6.45, 7) is 0. The number of halogens is 10. The van der Waals surface area contributed by atoms with Crippen molar-refractivity contribution >= 4 is 11.9 Å². The molecule has 34 heavy (non-hydrogen) atoms. The van der Waals surface area contributed by atoms with E-state index in [1.165, 1.54) is 0 Å². The number of benzene rings is 3. The topological polar surface area (TPSA) is 52.6 Å². The third-order valence-corrected chi connectivity index (χ3v) is 4.06. The third-order valence-electron chi connectivity index (χ3n) is 4.06. The maximum atomic E-state index is 13.7. The van der Waals surface area contributed by atoms with Crippen molar-refractivity contribution in [2.45, 2.75) is 0 Å². The second-order valence-electron chi connectivity index (χ2n) is 6.16. The molecule has 0 atom stereocenters. The van der Waals surface area contributed by atoms with Gasteiger partial charge in [0, 0.05) is 0 Å². The zero-order valence-electron chi connectivity index (χ0n) is 15.7. The lowest BCUT2D eigenvalue weighted by molar-refractivity contribution is 0.0715. The molecule has 0 aliphatic rings. The Morgan fingerprint density at radius 3 is 1.03 bits per heavy atom. The van der Waals surface area contributed by atoms with Crippen LogP contribution in [0.2, 0.25) is 0 Å². The van der Waals surface area contributed by atoms with E-state index in [4.69, 9.17) is 0 Å². The Kier molecular flexibility index (Phi) is 6.52. The molecule has 178 valence electrons. The lowest BCUT2D eigenvalue weighted by Crippen LogP contribution is -2.16. The highest BCUT2D eigenvalue weighted by atomic mass is 19.2. The summed E-state index contributed by atoms with van der Waals surface area (Å²) in [4.78, 5) is 24.2. The van der Waals surface area contributed by atoms with E-state index in [9.17, 15) is 53.5 Å². The van der Waals surface area contributed by atoms with Crippen LogP contribution >= 0.6 is 0 Å². The molecule has 0 bridgehead atoms. The van der Waals surface area contributed by atoms with Crippen LogP contribution in [0.3, 0.4) is 0 Å². The maximum absolute atomic E-state index is 13.7. The van der Waals surface area contributed by atoms with Gasteiger partial charge in [0.25, 0.3) is 0 Å². The largest absolute Gasteiger partial charge is 0.416 e. The van der Waals surface area contributed by atoms with Gasteiger partial charge in [-0.2, -0.15) is 17.6 Å². The number of hydrogen-bond acceptors (Lipinski definition) is 4. The smallest absolute Gasteiger partial charge is 0.343 e. The summed E-state index contributed by atoms with van der Waals surface area (Å²) >= 11 is 0. The highest BCUT2D eigenvalue weighted by Gasteiger charge is 2.30. The van der Waals surface area contributed by atoms with Crippen LogP contribution in [0.15, 0.2) is 24.3 Å². The fourth-order valence-electron chi connectivity index (χ4n) is 2.43. The second-order valence-corrected chi connectivity index (χ2v) is 6.16. The number of hydrogen-bond donors (Lipinski definition) is 0. The molecule has 0 amide bonds. The van der Waals surface area contributed by atoms with Gasteiger partial charge in [-0.15, -0.1) is 0 Å². The number of ether oxygens (including phenoxy) is 2. The van der Waals surface area contributed by atoms with E-state index in [1.807, 2.05) is 0 Å². The fraction of sp³-hybridized carbons (Fsp3) is 0. The Hall–Kier alpha value is -4.10. The molecule has 0 aromatic heterocycles. The first-order chi connectivity index (χ1) is 15.9. The standard InChI is InChI=1S/C20H4F10O4/c21-7-9(23)13(27)17(14(28)10(7)24)33-19(31)5-2-1-3-6(4-5)20(32)34-18-15(29)11(25)8(22)12(26)16(18)30/h1-4H. The number of rotatable bonds is 4. The van der Waals surface area contributed by atoms with E-state index in [2.05, 4.69) is 9.47 Å². The Bertz CT molecular complexity index is 1200. The Morgan fingerprint density at radius 1 is 0.471 bits per heavy atom. The summed E-state index contributed by atoms with van der Waals surface area (Å²) in [6, 6.07) is 3.04. The van der Waals surface area contributed by atoms with E-state index < -0.39 is 92.7 Å². The van der Waals surface area contributed by atoms with Crippen molar-refractivity contribution in [2.75, 3.05) is 0 Å². The summed E-state index contributed by atoms with van der Waals surface area (Å²) in [6.07, 6.45) is 0. The molecule has 14 heteroatoms. The minimum Gasteiger partial charge on any atom is -0.416 e. The van der Waals surface area contributed by atoms with Crippen LogP contribution in [0.4, 0.5) is 43.9 Å². The summed E-state index contributed by atoms with van der Waals surface area (Å²) in [7, 11) is 0. The average molecular weight is 498 g/mol. The van der Waals surface area contributed by atoms with Gasteiger partial charge in [0.2, 0.25) is 69.7 Å². The monoisotopic (exact) mass is 498 g/mol. The molecule has 0 heterocycles. The molecule has 4 nitrogen and oxygen atoms in total. The molecule has 0 fully saturated rings. The average Bonchev–Trinajstić information content (AvgIpc) is 2.84. The SMILES string of the molecule is O=C(Oc1c(F)c(F)c(F)c(F)c1F)c1cccc(C(=O)Oc2c(F)c(F)c(F)c(F)c2F)c1. The van der Waals surface area contributed by atoms with E-state index >= 15 is 0 Å². The Labute approximate surface area is 180 Å². The first-order valence-electron chi connectivity index (χ1n) is 8.44. The summed E-state index contributed by atoms with van der Waals surface area (Å²) in [5.74, 6) is -32.1. The molecule has 0 saturated carbocycles. The van der Waals surface area contributed by atoms with Gasteiger partial charge < -0.3 is 9.47 Å². The molecule has 0 unspecified atom stereocenters.